The van der Waals surface area contributed by atoms with Gasteiger partial charge in [0.15, 0.2) is 0 Å². The Morgan fingerprint density at radius 1 is 1.58 bits per heavy atom. The van der Waals surface area contributed by atoms with Crippen molar-refractivity contribution >= 4 is 0 Å². The number of hydrogen-bond donors (Lipinski definition) is 1. The second-order valence-electron chi connectivity index (χ2n) is 3.56. The highest BCUT2D eigenvalue weighted by Crippen LogP contribution is 2.09. The lowest BCUT2D eigenvalue weighted by Gasteiger charge is -2.38. The van der Waals surface area contributed by atoms with Crippen LogP contribution in [0.15, 0.2) is 0 Å². The monoisotopic (exact) mass is 174 g/mol. The number of nitrogens with zero attached hydrogens (tertiary/aromatic N) is 1. The summed E-state index contributed by atoms with van der Waals surface area (Å²) in [5, 5.41) is 3.41. The molecule has 0 amide bonds. The van der Waals surface area contributed by atoms with Gasteiger partial charge in [-0.2, -0.15) is 0 Å². The second kappa shape index (κ2) is 4.77. The molecule has 0 aromatic heterocycles. The zero-order valence-electron chi connectivity index (χ0n) is 8.02. The Morgan fingerprint density at radius 3 is 2.92 bits per heavy atom. The standard InChI is InChI=1S/C9H19FN2/c1-3-9-6-11-8(2)7-12(9)5-4-10/h8-9,11H,3-7H2,1-2H3. The highest BCUT2D eigenvalue weighted by Gasteiger charge is 2.23. The lowest BCUT2D eigenvalue weighted by atomic mass is 10.1. The fourth-order valence-corrected chi connectivity index (χ4v) is 1.82. The molecule has 0 radical (unpaired) electrons. The highest BCUT2D eigenvalue weighted by molar-refractivity contribution is 4.82. The molecule has 1 saturated heterocycles. The fraction of sp³-hybridized carbons (Fsp3) is 1.00. The Hall–Kier alpha value is -0.150. The van der Waals surface area contributed by atoms with Crippen molar-refractivity contribution < 1.29 is 4.39 Å². The van der Waals surface area contributed by atoms with E-state index < -0.39 is 0 Å². The SMILES string of the molecule is CCC1CNC(C)CN1CCF. The summed E-state index contributed by atoms with van der Waals surface area (Å²) in [6.07, 6.45) is 1.11. The quantitative estimate of drug-likeness (QED) is 0.687. The molecule has 0 saturated carbocycles. The molecule has 0 bridgehead atoms. The van der Waals surface area contributed by atoms with E-state index in [-0.39, 0.29) is 6.67 Å². The minimum absolute atomic E-state index is 0.219. The number of nitrogens with one attached hydrogen (secondary N) is 1. The Labute approximate surface area is 74.1 Å². The third-order valence-electron chi connectivity index (χ3n) is 2.57. The maximum Gasteiger partial charge on any atom is 0.102 e. The smallest absolute Gasteiger partial charge is 0.102 e. The van der Waals surface area contributed by atoms with E-state index in [9.17, 15) is 4.39 Å². The Bertz CT molecular complexity index is 130. The van der Waals surface area contributed by atoms with Gasteiger partial charge in [0.25, 0.3) is 0 Å². The van der Waals surface area contributed by atoms with E-state index in [1.807, 2.05) is 0 Å². The molecule has 1 heterocycles. The number of alkyl halides is 1. The molecular weight excluding hydrogens is 155 g/mol. The molecule has 0 aliphatic carbocycles. The molecule has 1 fully saturated rings. The van der Waals surface area contributed by atoms with Crippen LogP contribution in [0.5, 0.6) is 0 Å². The van der Waals surface area contributed by atoms with Crippen LogP contribution >= 0.6 is 0 Å². The minimum Gasteiger partial charge on any atom is -0.311 e. The normalized spacial score (nSPS) is 32.2. The zero-order chi connectivity index (χ0) is 8.97. The van der Waals surface area contributed by atoms with Gasteiger partial charge in [-0.05, 0) is 13.3 Å². The summed E-state index contributed by atoms with van der Waals surface area (Å²) in [4.78, 5) is 2.25. The first-order valence-corrected chi connectivity index (χ1v) is 4.81. The van der Waals surface area contributed by atoms with Crippen LogP contribution in [0.3, 0.4) is 0 Å². The van der Waals surface area contributed by atoms with Gasteiger partial charge in [0.05, 0.1) is 0 Å². The van der Waals surface area contributed by atoms with Gasteiger partial charge in [0.2, 0.25) is 0 Å². The molecule has 1 aliphatic heterocycles. The molecule has 2 nitrogen and oxygen atoms in total. The van der Waals surface area contributed by atoms with Gasteiger partial charge in [-0.1, -0.05) is 6.92 Å². The first kappa shape index (κ1) is 9.93. The van der Waals surface area contributed by atoms with Crippen LogP contribution in [0, 0.1) is 0 Å². The number of halogens is 1. The highest BCUT2D eigenvalue weighted by atomic mass is 19.1. The third kappa shape index (κ3) is 2.42. The predicted molar refractivity (Wildman–Crippen MR) is 49.1 cm³/mol. The van der Waals surface area contributed by atoms with Gasteiger partial charge in [-0.15, -0.1) is 0 Å². The topological polar surface area (TPSA) is 15.3 Å². The summed E-state index contributed by atoms with van der Waals surface area (Å²) < 4.78 is 12.2. The maximum atomic E-state index is 12.2. The van der Waals surface area contributed by atoms with Gasteiger partial charge in [-0.3, -0.25) is 4.90 Å². The van der Waals surface area contributed by atoms with Crippen LogP contribution in [0.25, 0.3) is 0 Å². The first-order valence-electron chi connectivity index (χ1n) is 4.81. The Balaban J connectivity index is 2.40. The molecule has 12 heavy (non-hydrogen) atoms. The van der Waals surface area contributed by atoms with Crippen LogP contribution in [0.1, 0.15) is 20.3 Å². The summed E-state index contributed by atoms with van der Waals surface area (Å²) in [7, 11) is 0. The van der Waals surface area contributed by atoms with Crippen molar-refractivity contribution in [3.63, 3.8) is 0 Å². The molecule has 0 spiro atoms. The van der Waals surface area contributed by atoms with E-state index in [1.54, 1.807) is 0 Å². The van der Waals surface area contributed by atoms with Gasteiger partial charge >= 0.3 is 0 Å². The van der Waals surface area contributed by atoms with Crippen LogP contribution in [0.4, 0.5) is 4.39 Å². The summed E-state index contributed by atoms with van der Waals surface area (Å²) in [5.41, 5.74) is 0. The first-order chi connectivity index (χ1) is 5.77. The van der Waals surface area contributed by atoms with Gasteiger partial charge < -0.3 is 5.32 Å². The number of piperazine rings is 1. The lowest BCUT2D eigenvalue weighted by Crippen LogP contribution is -2.55. The second-order valence-corrected chi connectivity index (χ2v) is 3.56. The van der Waals surface area contributed by atoms with E-state index in [1.165, 1.54) is 0 Å². The van der Waals surface area contributed by atoms with Gasteiger partial charge in [0, 0.05) is 31.7 Å². The molecule has 0 aromatic rings. The Kier molecular flexibility index (Phi) is 3.95. The average molecular weight is 174 g/mol. The fourth-order valence-electron chi connectivity index (χ4n) is 1.82. The molecule has 1 rings (SSSR count). The minimum atomic E-state index is -0.219. The van der Waals surface area contributed by atoms with Crippen molar-refractivity contribution in [3.05, 3.63) is 0 Å². The van der Waals surface area contributed by atoms with Crippen LogP contribution in [-0.4, -0.2) is 43.3 Å². The summed E-state index contributed by atoms with van der Waals surface area (Å²) >= 11 is 0. The van der Waals surface area contributed by atoms with E-state index in [2.05, 4.69) is 24.1 Å². The van der Waals surface area contributed by atoms with Crippen molar-refractivity contribution in [3.8, 4) is 0 Å². The lowest BCUT2D eigenvalue weighted by molar-refractivity contribution is 0.123. The molecular formula is C9H19FN2. The van der Waals surface area contributed by atoms with Crippen molar-refractivity contribution in [2.45, 2.75) is 32.4 Å². The van der Waals surface area contributed by atoms with Crippen molar-refractivity contribution in [2.75, 3.05) is 26.3 Å². The van der Waals surface area contributed by atoms with E-state index in [4.69, 9.17) is 0 Å². The van der Waals surface area contributed by atoms with E-state index in [0.717, 1.165) is 19.5 Å². The average Bonchev–Trinajstić information content (AvgIpc) is 2.05. The van der Waals surface area contributed by atoms with Crippen molar-refractivity contribution in [1.29, 1.82) is 0 Å². The molecule has 3 heteroatoms. The summed E-state index contributed by atoms with van der Waals surface area (Å²) in [6, 6.07) is 1.05. The van der Waals surface area contributed by atoms with E-state index in [0.29, 0.717) is 18.6 Å². The molecule has 1 aliphatic rings. The molecule has 2 atom stereocenters. The molecule has 72 valence electrons. The van der Waals surface area contributed by atoms with Crippen LogP contribution in [0.2, 0.25) is 0 Å². The van der Waals surface area contributed by atoms with Crippen molar-refractivity contribution in [1.82, 2.24) is 10.2 Å². The van der Waals surface area contributed by atoms with Gasteiger partial charge in [0.1, 0.15) is 6.67 Å². The zero-order valence-corrected chi connectivity index (χ0v) is 8.02. The van der Waals surface area contributed by atoms with Gasteiger partial charge in [-0.25, -0.2) is 4.39 Å². The molecule has 2 unspecified atom stereocenters. The molecule has 1 N–H and O–H groups in total. The van der Waals surface area contributed by atoms with Crippen molar-refractivity contribution in [2.24, 2.45) is 0 Å². The molecule has 0 aromatic carbocycles. The van der Waals surface area contributed by atoms with Crippen LogP contribution in [-0.2, 0) is 0 Å². The third-order valence-corrected chi connectivity index (χ3v) is 2.57. The number of hydrogen-bond acceptors (Lipinski definition) is 2. The van der Waals surface area contributed by atoms with Crippen LogP contribution < -0.4 is 5.32 Å². The summed E-state index contributed by atoms with van der Waals surface area (Å²) in [6.45, 7) is 6.69. The Morgan fingerprint density at radius 2 is 2.33 bits per heavy atom. The number of rotatable bonds is 3. The predicted octanol–water partition coefficient (Wildman–Crippen LogP) is 1.03. The van der Waals surface area contributed by atoms with E-state index >= 15 is 0 Å². The largest absolute Gasteiger partial charge is 0.311 e. The maximum absolute atomic E-state index is 12.2. The summed E-state index contributed by atoms with van der Waals surface area (Å²) in [5.74, 6) is 0.